The number of aromatic nitrogens is 6. The summed E-state index contributed by atoms with van der Waals surface area (Å²) >= 11 is 1.69. The zero-order chi connectivity index (χ0) is 43.1. The van der Waals surface area contributed by atoms with E-state index in [9.17, 15) is 14.4 Å². The minimum Gasteiger partial charge on any atom is -0.372 e. The Labute approximate surface area is 364 Å². The third kappa shape index (κ3) is 8.63. The second-order valence-electron chi connectivity index (χ2n) is 17.6. The maximum atomic E-state index is 12.9. The van der Waals surface area contributed by atoms with Gasteiger partial charge in [0.2, 0.25) is 5.91 Å². The van der Waals surface area contributed by atoms with Gasteiger partial charge in [0.05, 0.1) is 23.6 Å². The van der Waals surface area contributed by atoms with Crippen LogP contribution in [0, 0.1) is 12.8 Å². The predicted molar refractivity (Wildman–Crippen MR) is 240 cm³/mol. The van der Waals surface area contributed by atoms with Crippen LogP contribution in [0.5, 0.6) is 0 Å². The Morgan fingerprint density at radius 1 is 0.935 bits per heavy atom. The number of hydrogen-bond acceptors (Lipinski definition) is 13. The first-order chi connectivity index (χ1) is 29.9. The van der Waals surface area contributed by atoms with E-state index in [1.165, 1.54) is 10.7 Å². The SMILES string of the molecule is Cc1cc(-c2ncnc3[nH]c(-c4ncc(N5CCN(CC6CCN(c7ccc(N8CCC(=O)NC8=O)cc7)CC6)CC5)s4)cc23)ccc1C(C)NC(=O)c1nc(C(C)(C)C)no1. The number of anilines is 3. The lowest BCUT2D eigenvalue weighted by Crippen LogP contribution is -2.49. The van der Waals surface area contributed by atoms with E-state index in [0.717, 1.165) is 108 Å². The number of aromatic amines is 1. The number of piperazine rings is 1. The fourth-order valence-electron chi connectivity index (χ4n) is 8.63. The zero-order valence-electron chi connectivity index (χ0n) is 35.8. The normalized spacial score (nSPS) is 17.5. The maximum absolute atomic E-state index is 12.9. The number of nitrogens with one attached hydrogen (secondary N) is 3. The summed E-state index contributed by atoms with van der Waals surface area (Å²) in [6.07, 6.45) is 6.20. The molecule has 0 spiro atoms. The van der Waals surface area contributed by atoms with E-state index in [1.54, 1.807) is 22.6 Å². The number of hydrogen-bond donors (Lipinski definition) is 3. The van der Waals surface area contributed by atoms with E-state index in [-0.39, 0.29) is 29.3 Å². The van der Waals surface area contributed by atoms with E-state index in [0.29, 0.717) is 24.7 Å². The lowest BCUT2D eigenvalue weighted by Gasteiger charge is -2.39. The molecule has 16 nitrogen and oxygen atoms in total. The van der Waals surface area contributed by atoms with Gasteiger partial charge < -0.3 is 24.6 Å². The summed E-state index contributed by atoms with van der Waals surface area (Å²) in [6, 6.07) is 15.7. The molecule has 17 heteroatoms. The number of amides is 4. The first kappa shape index (κ1) is 41.2. The van der Waals surface area contributed by atoms with Crippen molar-refractivity contribution in [2.75, 3.05) is 67.1 Å². The monoisotopic (exact) mass is 856 g/mol. The summed E-state index contributed by atoms with van der Waals surface area (Å²) in [5.41, 5.74) is 7.08. The molecule has 3 aliphatic heterocycles. The van der Waals surface area contributed by atoms with Gasteiger partial charge in [0.1, 0.15) is 22.0 Å². The van der Waals surface area contributed by atoms with Crippen molar-refractivity contribution in [3.8, 4) is 22.0 Å². The van der Waals surface area contributed by atoms with Gasteiger partial charge in [0, 0.05) is 86.5 Å². The van der Waals surface area contributed by atoms with Gasteiger partial charge >= 0.3 is 17.8 Å². The fraction of sp³-hybridized carbons (Fsp3) is 0.422. The molecule has 4 amide bonds. The number of nitrogens with zero attached hydrogens (tertiary/aromatic N) is 9. The van der Waals surface area contributed by atoms with Crippen molar-refractivity contribution in [2.45, 2.75) is 65.3 Å². The van der Waals surface area contributed by atoms with Gasteiger partial charge in [0.25, 0.3) is 0 Å². The van der Waals surface area contributed by atoms with Gasteiger partial charge in [-0.3, -0.25) is 24.7 Å². The maximum Gasteiger partial charge on any atom is 0.328 e. The first-order valence-corrected chi connectivity index (χ1v) is 22.2. The molecule has 0 aliphatic carbocycles. The van der Waals surface area contributed by atoms with Gasteiger partial charge in [-0.2, -0.15) is 4.98 Å². The smallest absolute Gasteiger partial charge is 0.328 e. The van der Waals surface area contributed by atoms with Crippen molar-refractivity contribution in [1.29, 1.82) is 0 Å². The van der Waals surface area contributed by atoms with Crippen LogP contribution in [0.25, 0.3) is 33.0 Å². The Kier molecular flexibility index (Phi) is 11.2. The third-order valence-corrected chi connectivity index (χ3v) is 13.3. The summed E-state index contributed by atoms with van der Waals surface area (Å²) < 4.78 is 5.25. The molecule has 3 saturated heterocycles. The lowest BCUT2D eigenvalue weighted by molar-refractivity contribution is -0.120. The Hall–Kier alpha value is -6.20. The molecule has 7 heterocycles. The molecule has 62 heavy (non-hydrogen) atoms. The van der Waals surface area contributed by atoms with E-state index < -0.39 is 5.91 Å². The molecule has 6 aromatic rings. The van der Waals surface area contributed by atoms with Gasteiger partial charge in [-0.15, -0.1) is 0 Å². The molecule has 3 N–H and O–H groups in total. The number of thiazole rings is 1. The molecule has 322 valence electrons. The number of fused-ring (bicyclic) bond motifs is 1. The van der Waals surface area contributed by atoms with Gasteiger partial charge in [-0.05, 0) is 80.1 Å². The average Bonchev–Trinajstić information content (AvgIpc) is 4.05. The van der Waals surface area contributed by atoms with Crippen LogP contribution in [-0.4, -0.2) is 105 Å². The number of urea groups is 1. The number of aryl methyl sites for hydroxylation is 1. The highest BCUT2D eigenvalue weighted by molar-refractivity contribution is 7.18. The summed E-state index contributed by atoms with van der Waals surface area (Å²) in [6.45, 7) is 17.4. The number of carbonyl (C=O) groups is 3. The minimum atomic E-state index is -0.410. The van der Waals surface area contributed by atoms with Gasteiger partial charge in [0.15, 0.2) is 5.82 Å². The number of benzene rings is 2. The van der Waals surface area contributed by atoms with Crippen molar-refractivity contribution in [2.24, 2.45) is 5.92 Å². The van der Waals surface area contributed by atoms with Crippen molar-refractivity contribution in [1.82, 2.24) is 45.6 Å². The van der Waals surface area contributed by atoms with Crippen LogP contribution >= 0.6 is 11.3 Å². The number of rotatable bonds is 10. The standard InChI is InChI=1S/C45H52N12O4S/c1-27-22-30(6-11-33(27)28(2)49-40(59)41-52-43(53-61-41)45(3,4)5)38-34-23-35(50-39(34)48-26-47-38)42-46-24-37(62-42)56-20-18-54(19-21-56)25-29-12-15-55(16-13-29)31-7-9-32(10-8-31)57-17-14-36(58)51-44(57)60/h6-11,22-24,26,28-29H,12-21,25H2,1-5H3,(H,49,59)(H,47,48,50)(H,51,58,60). The molecule has 1 atom stereocenters. The fourth-order valence-corrected chi connectivity index (χ4v) is 9.57. The van der Waals surface area contributed by atoms with Crippen LogP contribution in [0.3, 0.4) is 0 Å². The number of carbonyl (C=O) groups excluding carboxylic acids is 3. The second-order valence-corrected chi connectivity index (χ2v) is 18.6. The molecule has 3 aliphatic rings. The molecule has 0 saturated carbocycles. The topological polar surface area (TPSA) is 182 Å². The van der Waals surface area contributed by atoms with Crippen LogP contribution in [0.2, 0.25) is 0 Å². The lowest BCUT2D eigenvalue weighted by atomic mass is 9.95. The first-order valence-electron chi connectivity index (χ1n) is 21.4. The van der Waals surface area contributed by atoms with Crippen molar-refractivity contribution in [3.63, 3.8) is 0 Å². The average molecular weight is 857 g/mol. The van der Waals surface area contributed by atoms with Crippen LogP contribution < -0.4 is 25.3 Å². The summed E-state index contributed by atoms with van der Waals surface area (Å²) in [5, 5.41) is 12.4. The highest BCUT2D eigenvalue weighted by Gasteiger charge is 2.28. The summed E-state index contributed by atoms with van der Waals surface area (Å²) in [5.74, 6) is 0.474. The number of piperidine rings is 1. The third-order valence-electron chi connectivity index (χ3n) is 12.2. The van der Waals surface area contributed by atoms with Gasteiger partial charge in [-0.25, -0.2) is 19.7 Å². The quantitative estimate of drug-likeness (QED) is 0.133. The molecule has 2 aromatic carbocycles. The van der Waals surface area contributed by atoms with Crippen LogP contribution in [0.4, 0.5) is 21.2 Å². The molecular weight excluding hydrogens is 805 g/mol. The molecule has 4 aromatic heterocycles. The Balaban J connectivity index is 0.775. The summed E-state index contributed by atoms with van der Waals surface area (Å²) in [7, 11) is 0. The highest BCUT2D eigenvalue weighted by atomic mass is 32.1. The van der Waals surface area contributed by atoms with Crippen molar-refractivity contribution >= 4 is 56.6 Å². The summed E-state index contributed by atoms with van der Waals surface area (Å²) in [4.78, 5) is 67.7. The molecule has 9 rings (SSSR count). The Morgan fingerprint density at radius 3 is 2.40 bits per heavy atom. The predicted octanol–water partition coefficient (Wildman–Crippen LogP) is 6.71. The molecule has 1 unspecified atom stereocenters. The van der Waals surface area contributed by atoms with E-state index >= 15 is 0 Å². The van der Waals surface area contributed by atoms with Crippen molar-refractivity contribution in [3.05, 3.63) is 83.9 Å². The largest absolute Gasteiger partial charge is 0.372 e. The Bertz CT molecular complexity index is 2600. The van der Waals surface area contributed by atoms with Gasteiger partial charge in [-0.1, -0.05) is 49.4 Å². The minimum absolute atomic E-state index is 0.0489. The second kappa shape index (κ2) is 16.9. The molecule has 0 bridgehead atoms. The number of H-pyrrole nitrogens is 1. The zero-order valence-corrected chi connectivity index (χ0v) is 36.6. The Morgan fingerprint density at radius 2 is 1.69 bits per heavy atom. The number of imide groups is 1. The van der Waals surface area contributed by atoms with Crippen LogP contribution in [-0.2, 0) is 10.2 Å². The van der Waals surface area contributed by atoms with E-state index in [1.807, 2.05) is 65.1 Å². The molecule has 0 radical (unpaired) electrons. The van der Waals surface area contributed by atoms with Crippen LogP contribution in [0.1, 0.15) is 80.6 Å². The van der Waals surface area contributed by atoms with E-state index in [4.69, 9.17) is 14.5 Å². The van der Waals surface area contributed by atoms with Crippen molar-refractivity contribution < 1.29 is 18.9 Å². The highest BCUT2D eigenvalue weighted by Crippen LogP contribution is 2.36. The van der Waals surface area contributed by atoms with Crippen LogP contribution in [0.15, 0.2) is 65.6 Å². The molecular formula is C45H52N12O4S. The van der Waals surface area contributed by atoms with E-state index in [2.05, 4.69) is 69.7 Å². The molecule has 3 fully saturated rings.